The normalized spacial score (nSPS) is 11.9. The molecular formula is C14H13ClN2O2S. The van der Waals surface area contributed by atoms with Crippen LogP contribution in [0.3, 0.4) is 0 Å². The molecule has 104 valence electrons. The second-order valence-electron chi connectivity index (χ2n) is 4.34. The Hall–Kier alpha value is -1.72. The van der Waals surface area contributed by atoms with Crippen LogP contribution in [0.1, 0.15) is 33.5 Å². The summed E-state index contributed by atoms with van der Waals surface area (Å²) < 4.78 is 0. The summed E-state index contributed by atoms with van der Waals surface area (Å²) in [6.45, 7) is 1.79. The van der Waals surface area contributed by atoms with E-state index in [-0.39, 0.29) is 29.8 Å². The SMILES string of the molecule is C[C@H](CC(=O)c1cccs1)NC(=O)c1ccc(Cl)cn1. The summed E-state index contributed by atoms with van der Waals surface area (Å²) in [5.41, 5.74) is 0.282. The number of halogens is 1. The molecule has 2 aromatic rings. The van der Waals surface area contributed by atoms with Gasteiger partial charge in [0.25, 0.3) is 5.91 Å². The van der Waals surface area contributed by atoms with Gasteiger partial charge in [-0.2, -0.15) is 0 Å². The molecule has 0 aliphatic heterocycles. The topological polar surface area (TPSA) is 59.1 Å². The highest BCUT2D eigenvalue weighted by Gasteiger charge is 2.15. The van der Waals surface area contributed by atoms with Crippen molar-refractivity contribution in [3.63, 3.8) is 0 Å². The second-order valence-corrected chi connectivity index (χ2v) is 5.72. The Morgan fingerprint density at radius 3 is 2.80 bits per heavy atom. The van der Waals surface area contributed by atoms with Gasteiger partial charge >= 0.3 is 0 Å². The van der Waals surface area contributed by atoms with Crippen molar-refractivity contribution >= 4 is 34.6 Å². The smallest absolute Gasteiger partial charge is 0.270 e. The molecule has 0 unspecified atom stereocenters. The average Bonchev–Trinajstić information content (AvgIpc) is 2.93. The van der Waals surface area contributed by atoms with Gasteiger partial charge in [-0.3, -0.25) is 9.59 Å². The maximum atomic E-state index is 11.9. The Labute approximate surface area is 125 Å². The van der Waals surface area contributed by atoms with Gasteiger partial charge in [0.1, 0.15) is 5.69 Å². The first-order valence-corrected chi connectivity index (χ1v) is 7.31. The molecule has 0 aromatic carbocycles. The molecule has 2 rings (SSSR count). The first kappa shape index (κ1) is 14.7. The number of hydrogen-bond acceptors (Lipinski definition) is 4. The van der Waals surface area contributed by atoms with Crippen molar-refractivity contribution in [2.45, 2.75) is 19.4 Å². The Kier molecular flexibility index (Phi) is 4.87. The van der Waals surface area contributed by atoms with Gasteiger partial charge in [-0.25, -0.2) is 4.98 Å². The zero-order valence-corrected chi connectivity index (χ0v) is 12.4. The Morgan fingerprint density at radius 1 is 1.40 bits per heavy atom. The van der Waals surface area contributed by atoms with Crippen molar-refractivity contribution < 1.29 is 9.59 Å². The van der Waals surface area contributed by atoms with E-state index in [1.807, 2.05) is 11.4 Å². The van der Waals surface area contributed by atoms with E-state index in [9.17, 15) is 9.59 Å². The highest BCUT2D eigenvalue weighted by molar-refractivity contribution is 7.12. The van der Waals surface area contributed by atoms with Crippen LogP contribution in [0.5, 0.6) is 0 Å². The predicted molar refractivity (Wildman–Crippen MR) is 79.4 cm³/mol. The van der Waals surface area contributed by atoms with E-state index in [1.165, 1.54) is 17.5 Å². The van der Waals surface area contributed by atoms with Crippen molar-refractivity contribution in [2.24, 2.45) is 0 Å². The van der Waals surface area contributed by atoms with Crippen LogP contribution < -0.4 is 5.32 Å². The Balaban J connectivity index is 1.91. The fraction of sp³-hybridized carbons (Fsp3) is 0.214. The molecule has 0 saturated heterocycles. The first-order chi connectivity index (χ1) is 9.56. The lowest BCUT2D eigenvalue weighted by molar-refractivity contribution is 0.0915. The molecule has 4 nitrogen and oxygen atoms in total. The van der Waals surface area contributed by atoms with Crippen LogP contribution in [0.15, 0.2) is 35.8 Å². The largest absolute Gasteiger partial charge is 0.348 e. The number of Topliss-reactive ketones (excluding diaryl/α,β-unsaturated/α-hetero) is 1. The maximum Gasteiger partial charge on any atom is 0.270 e. The number of ketones is 1. The second kappa shape index (κ2) is 6.63. The fourth-order valence-electron chi connectivity index (χ4n) is 1.67. The fourth-order valence-corrected chi connectivity index (χ4v) is 2.46. The third-order valence-corrected chi connectivity index (χ3v) is 3.76. The van der Waals surface area contributed by atoms with Crippen LogP contribution in [0, 0.1) is 0 Å². The molecular weight excluding hydrogens is 296 g/mol. The highest BCUT2D eigenvalue weighted by Crippen LogP contribution is 2.12. The maximum absolute atomic E-state index is 11.9. The van der Waals surface area contributed by atoms with Gasteiger partial charge in [-0.05, 0) is 30.5 Å². The molecule has 2 aromatic heterocycles. The number of hydrogen-bond donors (Lipinski definition) is 1. The zero-order valence-electron chi connectivity index (χ0n) is 10.8. The molecule has 2 heterocycles. The van der Waals surface area contributed by atoms with Crippen LogP contribution in [0.2, 0.25) is 5.02 Å². The highest BCUT2D eigenvalue weighted by atomic mass is 35.5. The van der Waals surface area contributed by atoms with Crippen LogP contribution in [0.4, 0.5) is 0 Å². The summed E-state index contributed by atoms with van der Waals surface area (Å²) in [6.07, 6.45) is 1.68. The van der Waals surface area contributed by atoms with Crippen molar-refractivity contribution in [3.05, 3.63) is 51.4 Å². The van der Waals surface area contributed by atoms with Gasteiger partial charge in [0.15, 0.2) is 5.78 Å². The molecule has 1 amide bonds. The van der Waals surface area contributed by atoms with Gasteiger partial charge in [0.2, 0.25) is 0 Å². The molecule has 6 heteroatoms. The van der Waals surface area contributed by atoms with E-state index in [0.717, 1.165) is 0 Å². The van der Waals surface area contributed by atoms with Gasteiger partial charge < -0.3 is 5.32 Å². The van der Waals surface area contributed by atoms with Crippen molar-refractivity contribution in [1.82, 2.24) is 10.3 Å². The van der Waals surface area contributed by atoms with Crippen molar-refractivity contribution in [2.75, 3.05) is 0 Å². The molecule has 0 bridgehead atoms. The van der Waals surface area contributed by atoms with Crippen molar-refractivity contribution in [3.8, 4) is 0 Å². The summed E-state index contributed by atoms with van der Waals surface area (Å²) in [5, 5.41) is 5.08. The number of amides is 1. The van der Waals surface area contributed by atoms with Gasteiger partial charge in [0, 0.05) is 18.7 Å². The van der Waals surface area contributed by atoms with E-state index in [1.54, 1.807) is 25.1 Å². The van der Waals surface area contributed by atoms with E-state index in [2.05, 4.69) is 10.3 Å². The molecule has 0 fully saturated rings. The third kappa shape index (κ3) is 3.88. The molecule has 0 spiro atoms. The molecule has 0 radical (unpaired) electrons. The molecule has 0 aliphatic rings. The number of aromatic nitrogens is 1. The van der Waals surface area contributed by atoms with Gasteiger partial charge in [-0.1, -0.05) is 17.7 Å². The van der Waals surface area contributed by atoms with Crippen molar-refractivity contribution in [1.29, 1.82) is 0 Å². The summed E-state index contributed by atoms with van der Waals surface area (Å²) >= 11 is 7.11. The minimum absolute atomic E-state index is 0.0249. The summed E-state index contributed by atoms with van der Waals surface area (Å²) in [6, 6.07) is 6.51. The van der Waals surface area contributed by atoms with Crippen LogP contribution in [-0.2, 0) is 0 Å². The first-order valence-electron chi connectivity index (χ1n) is 6.05. The van der Waals surface area contributed by atoms with E-state index in [4.69, 9.17) is 11.6 Å². The number of carbonyl (C=O) groups excluding carboxylic acids is 2. The van der Waals surface area contributed by atoms with Crippen LogP contribution >= 0.6 is 22.9 Å². The predicted octanol–water partition coefficient (Wildman–Crippen LogP) is 3.19. The summed E-state index contributed by atoms with van der Waals surface area (Å²) in [5.74, 6) is -0.287. The van der Waals surface area contributed by atoms with E-state index >= 15 is 0 Å². The third-order valence-electron chi connectivity index (χ3n) is 2.63. The molecule has 0 aliphatic carbocycles. The number of thiophene rings is 1. The van der Waals surface area contributed by atoms with Crippen LogP contribution in [0.25, 0.3) is 0 Å². The lowest BCUT2D eigenvalue weighted by Crippen LogP contribution is -2.34. The molecule has 0 saturated carbocycles. The average molecular weight is 309 g/mol. The van der Waals surface area contributed by atoms with Gasteiger partial charge in [-0.15, -0.1) is 11.3 Å². The number of nitrogens with zero attached hydrogens (tertiary/aromatic N) is 1. The number of rotatable bonds is 5. The molecule has 1 atom stereocenters. The van der Waals surface area contributed by atoms with E-state index < -0.39 is 0 Å². The lowest BCUT2D eigenvalue weighted by atomic mass is 10.1. The Morgan fingerprint density at radius 2 is 2.20 bits per heavy atom. The Bertz CT molecular complexity index is 596. The zero-order chi connectivity index (χ0) is 14.5. The summed E-state index contributed by atoms with van der Waals surface area (Å²) in [7, 11) is 0. The number of pyridine rings is 1. The standard InChI is InChI=1S/C14H13ClN2O2S/c1-9(7-12(18)13-3-2-6-20-13)17-14(19)11-5-4-10(15)8-16-11/h2-6,8-9H,7H2,1H3,(H,17,19)/t9-/m1/s1. The quantitative estimate of drug-likeness (QED) is 0.863. The number of carbonyl (C=O) groups is 2. The minimum Gasteiger partial charge on any atom is -0.348 e. The van der Waals surface area contributed by atoms with Gasteiger partial charge in [0.05, 0.1) is 9.90 Å². The monoisotopic (exact) mass is 308 g/mol. The lowest BCUT2D eigenvalue weighted by Gasteiger charge is -2.12. The van der Waals surface area contributed by atoms with E-state index in [0.29, 0.717) is 9.90 Å². The molecule has 1 N–H and O–H groups in total. The molecule has 20 heavy (non-hydrogen) atoms. The minimum atomic E-state index is -0.312. The van der Waals surface area contributed by atoms with Crippen LogP contribution in [-0.4, -0.2) is 22.7 Å². The number of nitrogens with one attached hydrogen (secondary N) is 1. The summed E-state index contributed by atoms with van der Waals surface area (Å²) in [4.78, 5) is 28.5.